The van der Waals surface area contributed by atoms with Crippen molar-refractivity contribution in [1.29, 1.82) is 0 Å². The summed E-state index contributed by atoms with van der Waals surface area (Å²) in [6.07, 6.45) is 1.82. The number of imidazole rings is 1. The molecule has 3 heterocycles. The molecule has 1 aliphatic heterocycles. The molecular weight excluding hydrogens is 292 g/mol. The summed E-state index contributed by atoms with van der Waals surface area (Å²) in [6.45, 7) is 8.40. The Morgan fingerprint density at radius 2 is 2.26 bits per heavy atom. The Hall–Kier alpha value is -2.08. The molecule has 6 nitrogen and oxygen atoms in total. The molecule has 6 heteroatoms. The maximum Gasteiger partial charge on any atom is 0.256 e. The largest absolute Gasteiger partial charge is 0.381 e. The van der Waals surface area contributed by atoms with Gasteiger partial charge in [0.05, 0.1) is 30.7 Å². The molecule has 0 aromatic carbocycles. The fourth-order valence-electron chi connectivity index (χ4n) is 3.39. The number of aromatic amines is 1. The zero-order valence-electron chi connectivity index (χ0n) is 14.2. The van der Waals surface area contributed by atoms with Gasteiger partial charge in [-0.25, -0.2) is 4.98 Å². The fraction of sp³-hybridized carbons (Fsp3) is 0.529. The number of carbonyl (C=O) groups excluding carboxylic acids is 1. The Labute approximate surface area is 136 Å². The molecule has 0 bridgehead atoms. The van der Waals surface area contributed by atoms with Gasteiger partial charge >= 0.3 is 0 Å². The third kappa shape index (κ3) is 2.91. The van der Waals surface area contributed by atoms with E-state index in [1.807, 2.05) is 49.7 Å². The summed E-state index contributed by atoms with van der Waals surface area (Å²) in [6, 6.07) is 1.92. The van der Waals surface area contributed by atoms with E-state index in [-0.39, 0.29) is 11.8 Å². The number of aromatic nitrogens is 3. The number of amides is 1. The van der Waals surface area contributed by atoms with Gasteiger partial charge in [0, 0.05) is 43.2 Å². The van der Waals surface area contributed by atoms with Crippen LogP contribution >= 0.6 is 0 Å². The van der Waals surface area contributed by atoms with Crippen molar-refractivity contribution in [1.82, 2.24) is 19.4 Å². The van der Waals surface area contributed by atoms with E-state index < -0.39 is 0 Å². The van der Waals surface area contributed by atoms with Crippen molar-refractivity contribution >= 4 is 5.91 Å². The second-order valence-electron chi connectivity index (χ2n) is 6.22. The number of nitrogens with zero attached hydrogens (tertiary/aromatic N) is 3. The van der Waals surface area contributed by atoms with Crippen LogP contribution in [0, 0.1) is 13.8 Å². The average molecular weight is 316 g/mol. The van der Waals surface area contributed by atoms with E-state index in [0.29, 0.717) is 26.3 Å². The number of rotatable bonds is 4. The molecule has 0 radical (unpaired) electrons. The van der Waals surface area contributed by atoms with Crippen LogP contribution in [-0.2, 0) is 18.3 Å². The third-order valence-electron chi connectivity index (χ3n) is 4.42. The average Bonchev–Trinajstić information content (AvgIpc) is 3.06. The summed E-state index contributed by atoms with van der Waals surface area (Å²) in [5.41, 5.74) is 4.83. The van der Waals surface area contributed by atoms with Gasteiger partial charge < -0.3 is 19.2 Å². The number of fused-ring (bicyclic) bond motifs is 1. The minimum Gasteiger partial charge on any atom is -0.381 e. The lowest BCUT2D eigenvalue weighted by Crippen LogP contribution is -2.40. The second-order valence-corrected chi connectivity index (χ2v) is 6.22. The number of hydrogen-bond donors (Lipinski definition) is 1. The molecule has 1 aliphatic rings. The molecule has 0 saturated carbocycles. The van der Waals surface area contributed by atoms with Gasteiger partial charge in [0.15, 0.2) is 0 Å². The maximum absolute atomic E-state index is 12.9. The summed E-state index contributed by atoms with van der Waals surface area (Å²) >= 11 is 0. The predicted molar refractivity (Wildman–Crippen MR) is 87.4 cm³/mol. The molecule has 0 fully saturated rings. The van der Waals surface area contributed by atoms with E-state index >= 15 is 0 Å². The maximum atomic E-state index is 12.9. The summed E-state index contributed by atoms with van der Waals surface area (Å²) in [5, 5.41) is 0. The first-order valence-corrected chi connectivity index (χ1v) is 8.04. The van der Waals surface area contributed by atoms with Crippen LogP contribution < -0.4 is 0 Å². The molecule has 0 aliphatic carbocycles. The highest BCUT2D eigenvalue weighted by molar-refractivity contribution is 5.95. The molecule has 1 amide bonds. The van der Waals surface area contributed by atoms with Crippen molar-refractivity contribution in [3.63, 3.8) is 0 Å². The molecule has 23 heavy (non-hydrogen) atoms. The molecule has 3 rings (SSSR count). The quantitative estimate of drug-likeness (QED) is 0.940. The van der Waals surface area contributed by atoms with Crippen molar-refractivity contribution in [2.24, 2.45) is 7.05 Å². The van der Waals surface area contributed by atoms with Gasteiger partial charge in [0.1, 0.15) is 0 Å². The van der Waals surface area contributed by atoms with Crippen LogP contribution in [0.2, 0.25) is 0 Å². The van der Waals surface area contributed by atoms with E-state index in [0.717, 1.165) is 22.6 Å². The minimum atomic E-state index is 0.0599. The highest BCUT2D eigenvalue weighted by atomic mass is 16.5. The summed E-state index contributed by atoms with van der Waals surface area (Å²) in [5.74, 6) is 0.222. The van der Waals surface area contributed by atoms with Gasteiger partial charge in [-0.1, -0.05) is 0 Å². The molecule has 2 aromatic heterocycles. The Morgan fingerprint density at radius 1 is 1.48 bits per heavy atom. The standard InChI is InChI=1S/C17H24N4O2/c1-5-23-9-13-7-21(8-15-16(13)20(4)10-18-15)17(22)14-6-11(2)19-12(14)3/h6,10,13,19H,5,7-9H2,1-4H3/t13-/m1/s1. The SMILES string of the molecule is CCOC[C@H]1CN(C(=O)c2cc(C)[nH]c2C)Cc2ncn(C)c21. The molecular formula is C17H24N4O2. The number of nitrogens with one attached hydrogen (secondary N) is 1. The summed E-state index contributed by atoms with van der Waals surface area (Å²) in [7, 11) is 2.00. The minimum absolute atomic E-state index is 0.0599. The Balaban J connectivity index is 1.87. The topological polar surface area (TPSA) is 63.1 Å². The number of ether oxygens (including phenoxy) is 1. The van der Waals surface area contributed by atoms with Gasteiger partial charge in [-0.05, 0) is 26.8 Å². The number of H-pyrrole nitrogens is 1. The van der Waals surface area contributed by atoms with E-state index in [1.54, 1.807) is 0 Å². The Morgan fingerprint density at radius 3 is 2.91 bits per heavy atom. The first-order chi connectivity index (χ1) is 11.0. The van der Waals surface area contributed by atoms with Gasteiger partial charge in [0.25, 0.3) is 5.91 Å². The molecule has 2 aromatic rings. The Bertz CT molecular complexity index is 716. The van der Waals surface area contributed by atoms with Crippen molar-refractivity contribution in [2.75, 3.05) is 19.8 Å². The van der Waals surface area contributed by atoms with Crippen LogP contribution in [0.25, 0.3) is 0 Å². The highest BCUT2D eigenvalue weighted by Gasteiger charge is 2.32. The van der Waals surface area contributed by atoms with Crippen LogP contribution in [0.15, 0.2) is 12.4 Å². The van der Waals surface area contributed by atoms with Crippen LogP contribution in [0.3, 0.4) is 0 Å². The number of hydrogen-bond acceptors (Lipinski definition) is 3. The van der Waals surface area contributed by atoms with E-state index in [2.05, 4.69) is 9.97 Å². The lowest BCUT2D eigenvalue weighted by atomic mass is 9.98. The smallest absolute Gasteiger partial charge is 0.256 e. The van der Waals surface area contributed by atoms with Crippen molar-refractivity contribution < 1.29 is 9.53 Å². The lowest BCUT2D eigenvalue weighted by molar-refractivity contribution is 0.0644. The molecule has 0 unspecified atom stereocenters. The zero-order valence-corrected chi connectivity index (χ0v) is 14.2. The summed E-state index contributed by atoms with van der Waals surface area (Å²) in [4.78, 5) is 22.5. The van der Waals surface area contributed by atoms with Crippen LogP contribution in [0.5, 0.6) is 0 Å². The zero-order chi connectivity index (χ0) is 16.6. The lowest BCUT2D eigenvalue weighted by Gasteiger charge is -2.32. The molecule has 1 atom stereocenters. The summed E-state index contributed by atoms with van der Waals surface area (Å²) < 4.78 is 7.68. The highest BCUT2D eigenvalue weighted by Crippen LogP contribution is 2.29. The van der Waals surface area contributed by atoms with Crippen LogP contribution in [0.4, 0.5) is 0 Å². The molecule has 124 valence electrons. The van der Waals surface area contributed by atoms with Gasteiger partial charge in [-0.15, -0.1) is 0 Å². The van der Waals surface area contributed by atoms with Crippen LogP contribution in [0.1, 0.15) is 46.0 Å². The third-order valence-corrected chi connectivity index (χ3v) is 4.42. The fourth-order valence-corrected chi connectivity index (χ4v) is 3.39. The van der Waals surface area contributed by atoms with E-state index in [4.69, 9.17) is 4.74 Å². The van der Waals surface area contributed by atoms with Crippen molar-refractivity contribution in [2.45, 2.75) is 33.2 Å². The van der Waals surface area contributed by atoms with E-state index in [9.17, 15) is 4.79 Å². The molecule has 0 spiro atoms. The van der Waals surface area contributed by atoms with E-state index in [1.165, 1.54) is 5.69 Å². The normalized spacial score (nSPS) is 17.4. The predicted octanol–water partition coefficient (Wildman–Crippen LogP) is 2.14. The Kier molecular flexibility index (Phi) is 4.26. The first kappa shape index (κ1) is 15.8. The number of aryl methyl sites for hydroxylation is 3. The van der Waals surface area contributed by atoms with Crippen molar-refractivity contribution in [3.8, 4) is 0 Å². The van der Waals surface area contributed by atoms with Gasteiger partial charge in [-0.2, -0.15) is 0 Å². The molecule has 1 N–H and O–H groups in total. The van der Waals surface area contributed by atoms with Crippen LogP contribution in [-0.4, -0.2) is 45.1 Å². The second kappa shape index (κ2) is 6.20. The first-order valence-electron chi connectivity index (χ1n) is 8.04. The monoisotopic (exact) mass is 316 g/mol. The van der Waals surface area contributed by atoms with Gasteiger partial charge in [0.2, 0.25) is 0 Å². The molecule has 0 saturated heterocycles. The van der Waals surface area contributed by atoms with Gasteiger partial charge in [-0.3, -0.25) is 4.79 Å². The number of carbonyl (C=O) groups is 1. The van der Waals surface area contributed by atoms with Crippen molar-refractivity contribution in [3.05, 3.63) is 40.7 Å².